The van der Waals surface area contributed by atoms with Crippen LogP contribution in [0.5, 0.6) is 0 Å². The van der Waals surface area contributed by atoms with Gasteiger partial charge in [0.05, 0.1) is 0 Å². The Kier molecular flexibility index (Phi) is 2.44. The van der Waals surface area contributed by atoms with Crippen molar-refractivity contribution >= 4 is 23.3 Å². The van der Waals surface area contributed by atoms with E-state index < -0.39 is 0 Å². The van der Waals surface area contributed by atoms with Gasteiger partial charge in [-0.3, -0.25) is 4.79 Å². The molecule has 2 aromatic rings. The van der Waals surface area contributed by atoms with Crippen molar-refractivity contribution in [1.82, 2.24) is 9.97 Å². The Labute approximate surface area is 92.2 Å². The summed E-state index contributed by atoms with van der Waals surface area (Å²) < 4.78 is 0.694. The normalized spacial score (nSPS) is 11.1. The lowest BCUT2D eigenvalue weighted by Crippen LogP contribution is -2.04. The first-order valence-corrected chi connectivity index (χ1v) is 5.25. The van der Waals surface area contributed by atoms with Gasteiger partial charge in [0.2, 0.25) is 5.56 Å². The number of hydrogen-bond donors (Lipinski definition) is 2. The second kappa shape index (κ2) is 3.62. The summed E-state index contributed by atoms with van der Waals surface area (Å²) in [6.07, 6.45) is 0. The number of H-pyrrole nitrogens is 2. The molecule has 4 heteroatoms. The summed E-state index contributed by atoms with van der Waals surface area (Å²) in [5.41, 5.74) is 1.67. The van der Waals surface area contributed by atoms with E-state index in [0.29, 0.717) is 16.2 Å². The van der Waals surface area contributed by atoms with Crippen LogP contribution in [-0.4, -0.2) is 9.97 Å². The van der Waals surface area contributed by atoms with E-state index in [1.807, 2.05) is 6.07 Å². The SMILES string of the molecule is CC(C)c1cc2ccc(=O)[nH]c2[nH]c1=S. The summed E-state index contributed by atoms with van der Waals surface area (Å²) in [7, 11) is 0. The maximum atomic E-state index is 11.1. The number of aromatic nitrogens is 2. The Hall–Kier alpha value is -1.42. The third-order valence-corrected chi connectivity index (χ3v) is 2.72. The number of aromatic amines is 2. The molecule has 0 saturated heterocycles. The van der Waals surface area contributed by atoms with Gasteiger partial charge in [-0.2, -0.15) is 0 Å². The van der Waals surface area contributed by atoms with E-state index in [4.69, 9.17) is 12.2 Å². The second-order valence-electron chi connectivity index (χ2n) is 3.86. The van der Waals surface area contributed by atoms with Crippen LogP contribution >= 0.6 is 12.2 Å². The van der Waals surface area contributed by atoms with Crippen molar-refractivity contribution in [3.63, 3.8) is 0 Å². The van der Waals surface area contributed by atoms with E-state index in [9.17, 15) is 4.79 Å². The molecule has 2 aromatic heterocycles. The van der Waals surface area contributed by atoms with Gasteiger partial charge in [0.15, 0.2) is 0 Å². The molecule has 3 nitrogen and oxygen atoms in total. The summed E-state index contributed by atoms with van der Waals surface area (Å²) in [6.45, 7) is 4.19. The third-order valence-electron chi connectivity index (χ3n) is 2.38. The molecule has 0 saturated carbocycles. The maximum absolute atomic E-state index is 11.1. The predicted octanol–water partition coefficient (Wildman–Crippen LogP) is 2.71. The Morgan fingerprint density at radius 2 is 2.00 bits per heavy atom. The van der Waals surface area contributed by atoms with Crippen molar-refractivity contribution in [3.8, 4) is 0 Å². The van der Waals surface area contributed by atoms with Crippen molar-refractivity contribution in [2.75, 3.05) is 0 Å². The number of nitrogens with one attached hydrogen (secondary N) is 2. The van der Waals surface area contributed by atoms with Gasteiger partial charge in [0.1, 0.15) is 10.3 Å². The van der Waals surface area contributed by atoms with Gasteiger partial charge in [-0.25, -0.2) is 0 Å². The molecule has 0 aromatic carbocycles. The molecule has 0 aliphatic rings. The van der Waals surface area contributed by atoms with Crippen LogP contribution in [0.25, 0.3) is 11.0 Å². The highest BCUT2D eigenvalue weighted by molar-refractivity contribution is 7.71. The Bertz CT molecular complexity index is 610. The molecule has 0 fully saturated rings. The monoisotopic (exact) mass is 220 g/mol. The molecule has 0 radical (unpaired) electrons. The number of hydrogen-bond acceptors (Lipinski definition) is 2. The van der Waals surface area contributed by atoms with Crippen LogP contribution in [0.4, 0.5) is 0 Å². The second-order valence-corrected chi connectivity index (χ2v) is 4.27. The highest BCUT2D eigenvalue weighted by atomic mass is 32.1. The van der Waals surface area contributed by atoms with Gasteiger partial charge in [0, 0.05) is 11.5 Å². The van der Waals surface area contributed by atoms with Gasteiger partial charge >= 0.3 is 0 Å². The van der Waals surface area contributed by atoms with Crippen molar-refractivity contribution in [1.29, 1.82) is 0 Å². The van der Waals surface area contributed by atoms with Crippen molar-refractivity contribution < 1.29 is 0 Å². The maximum Gasteiger partial charge on any atom is 0.249 e. The Morgan fingerprint density at radius 1 is 1.27 bits per heavy atom. The number of fused-ring (bicyclic) bond motifs is 1. The predicted molar refractivity (Wildman–Crippen MR) is 63.8 cm³/mol. The van der Waals surface area contributed by atoms with Crippen LogP contribution in [0.1, 0.15) is 25.3 Å². The molecule has 0 aliphatic heterocycles. The molecular formula is C11H12N2OS. The molecule has 0 spiro atoms. The molecule has 2 rings (SSSR count). The average Bonchev–Trinajstić information content (AvgIpc) is 2.15. The van der Waals surface area contributed by atoms with E-state index in [2.05, 4.69) is 23.8 Å². The van der Waals surface area contributed by atoms with E-state index in [0.717, 1.165) is 10.9 Å². The zero-order chi connectivity index (χ0) is 11.0. The fourth-order valence-electron chi connectivity index (χ4n) is 1.56. The Morgan fingerprint density at radius 3 is 2.67 bits per heavy atom. The highest BCUT2D eigenvalue weighted by Crippen LogP contribution is 2.18. The van der Waals surface area contributed by atoms with Crippen LogP contribution < -0.4 is 5.56 Å². The summed E-state index contributed by atoms with van der Waals surface area (Å²) in [6, 6.07) is 5.34. The van der Waals surface area contributed by atoms with Crippen molar-refractivity contribution in [2.45, 2.75) is 19.8 Å². The molecular weight excluding hydrogens is 208 g/mol. The molecule has 78 valence electrons. The molecule has 2 heterocycles. The fourth-order valence-corrected chi connectivity index (χ4v) is 1.95. The van der Waals surface area contributed by atoms with Crippen LogP contribution in [0.15, 0.2) is 23.0 Å². The molecule has 15 heavy (non-hydrogen) atoms. The molecule has 2 N–H and O–H groups in total. The minimum absolute atomic E-state index is 0.120. The molecule has 0 unspecified atom stereocenters. The third kappa shape index (κ3) is 1.85. The van der Waals surface area contributed by atoms with E-state index in [-0.39, 0.29) is 5.56 Å². The molecule has 0 amide bonds. The Balaban J connectivity index is 2.82. The van der Waals surface area contributed by atoms with Crippen molar-refractivity contribution in [3.05, 3.63) is 38.8 Å². The highest BCUT2D eigenvalue weighted by Gasteiger charge is 2.04. The van der Waals surface area contributed by atoms with Gasteiger partial charge in [-0.15, -0.1) is 0 Å². The lowest BCUT2D eigenvalue weighted by Gasteiger charge is -2.07. The minimum atomic E-state index is -0.120. The van der Waals surface area contributed by atoms with Crippen molar-refractivity contribution in [2.24, 2.45) is 0 Å². The lowest BCUT2D eigenvalue weighted by atomic mass is 10.0. The van der Waals surface area contributed by atoms with Crippen LogP contribution in [0.3, 0.4) is 0 Å². The largest absolute Gasteiger partial charge is 0.332 e. The summed E-state index contributed by atoms with van der Waals surface area (Å²) in [5, 5.41) is 0.979. The number of pyridine rings is 2. The molecule has 0 aliphatic carbocycles. The minimum Gasteiger partial charge on any atom is -0.332 e. The smallest absolute Gasteiger partial charge is 0.249 e. The zero-order valence-electron chi connectivity index (χ0n) is 8.63. The van der Waals surface area contributed by atoms with Gasteiger partial charge in [-0.1, -0.05) is 26.1 Å². The van der Waals surface area contributed by atoms with Crippen LogP contribution in [0, 0.1) is 4.64 Å². The average molecular weight is 220 g/mol. The van der Waals surface area contributed by atoms with Gasteiger partial charge < -0.3 is 9.97 Å². The van der Waals surface area contributed by atoms with E-state index >= 15 is 0 Å². The summed E-state index contributed by atoms with van der Waals surface area (Å²) >= 11 is 5.22. The quantitative estimate of drug-likeness (QED) is 0.726. The molecule has 0 bridgehead atoms. The first-order chi connectivity index (χ1) is 7.08. The van der Waals surface area contributed by atoms with E-state index in [1.54, 1.807) is 6.07 Å². The van der Waals surface area contributed by atoms with Crippen LogP contribution in [0.2, 0.25) is 0 Å². The topological polar surface area (TPSA) is 48.6 Å². The van der Waals surface area contributed by atoms with Gasteiger partial charge in [0.25, 0.3) is 0 Å². The lowest BCUT2D eigenvalue weighted by molar-refractivity contribution is 0.856. The summed E-state index contributed by atoms with van der Waals surface area (Å²) in [4.78, 5) is 16.9. The van der Waals surface area contributed by atoms with Crippen LogP contribution in [-0.2, 0) is 0 Å². The standard InChI is InChI=1S/C11H12N2OS/c1-6(2)8-5-7-3-4-9(14)12-10(7)13-11(8)15/h3-6H,1-2H3,(H2,12,13,14,15). The van der Waals surface area contributed by atoms with Gasteiger partial charge in [-0.05, 0) is 23.6 Å². The zero-order valence-corrected chi connectivity index (χ0v) is 9.44. The molecule has 0 atom stereocenters. The van der Waals surface area contributed by atoms with E-state index in [1.165, 1.54) is 6.07 Å². The fraction of sp³-hybridized carbons (Fsp3) is 0.273. The summed E-state index contributed by atoms with van der Waals surface area (Å²) in [5.74, 6) is 0.380. The number of rotatable bonds is 1. The first-order valence-electron chi connectivity index (χ1n) is 4.84. The first kappa shape index (κ1) is 10.1.